The number of likely N-dealkylation sites (N-methyl/N-ethyl adjacent to an activating group) is 1. The number of nitrogens with zero attached hydrogens (tertiary/aromatic N) is 1. The average Bonchev–Trinajstić information content (AvgIpc) is 2.11. The maximum Gasteiger partial charge on any atom is 0.234 e. The van der Waals surface area contributed by atoms with Crippen LogP contribution in [0, 0.1) is 0 Å². The molecule has 0 saturated heterocycles. The predicted molar refractivity (Wildman–Crippen MR) is 73.3 cm³/mol. The Morgan fingerprint density at radius 1 is 1.11 bits per heavy atom. The van der Waals surface area contributed by atoms with Gasteiger partial charge in [-0.05, 0) is 41.2 Å². The van der Waals surface area contributed by atoms with Gasteiger partial charge in [-0.25, -0.2) is 0 Å². The van der Waals surface area contributed by atoms with Crippen molar-refractivity contribution in [3.8, 4) is 0 Å². The molecule has 0 saturated carbocycles. The van der Waals surface area contributed by atoms with Crippen molar-refractivity contribution in [2.24, 2.45) is 0 Å². The smallest absolute Gasteiger partial charge is 0.234 e. The lowest BCUT2D eigenvalue weighted by atomic mass is 10.1. The topological polar surface area (TPSA) is 61.4 Å². The fourth-order valence-electron chi connectivity index (χ4n) is 1.51. The minimum absolute atomic E-state index is 0.0459. The Bertz CT molecular complexity index is 282. The van der Waals surface area contributed by atoms with Gasteiger partial charge in [-0.15, -0.1) is 0 Å². The van der Waals surface area contributed by atoms with Crippen molar-refractivity contribution in [2.75, 3.05) is 19.6 Å². The summed E-state index contributed by atoms with van der Waals surface area (Å²) in [6.07, 6.45) is 0. The molecule has 0 unspecified atom stereocenters. The molecule has 0 rings (SSSR count). The second-order valence-corrected chi connectivity index (χ2v) is 5.82. The first-order chi connectivity index (χ1) is 8.14. The molecular formula is C13H27N3O2. The highest BCUT2D eigenvalue weighted by Gasteiger charge is 2.17. The Morgan fingerprint density at radius 2 is 1.61 bits per heavy atom. The molecule has 0 aliphatic heterocycles. The van der Waals surface area contributed by atoms with E-state index in [4.69, 9.17) is 0 Å². The van der Waals surface area contributed by atoms with Crippen molar-refractivity contribution in [3.63, 3.8) is 0 Å². The van der Waals surface area contributed by atoms with Gasteiger partial charge in [-0.3, -0.25) is 14.5 Å². The standard InChI is InChI=1S/C13H27N3O2/c1-7-16(8-11(17)14-10(2)3)9-12(18)15-13(4,5)6/h10H,7-9H2,1-6H3,(H,14,17)(H,15,18). The van der Waals surface area contributed by atoms with E-state index >= 15 is 0 Å². The molecule has 106 valence electrons. The summed E-state index contributed by atoms with van der Waals surface area (Å²) in [6.45, 7) is 12.8. The van der Waals surface area contributed by atoms with Crippen molar-refractivity contribution in [1.82, 2.24) is 15.5 Å². The number of hydrogen-bond acceptors (Lipinski definition) is 3. The summed E-state index contributed by atoms with van der Waals surface area (Å²) < 4.78 is 0. The highest BCUT2D eigenvalue weighted by Crippen LogP contribution is 1.98. The van der Waals surface area contributed by atoms with Crippen LogP contribution in [0.4, 0.5) is 0 Å². The summed E-state index contributed by atoms with van der Waals surface area (Å²) in [6, 6.07) is 0.125. The number of carbonyl (C=O) groups excluding carboxylic acids is 2. The van der Waals surface area contributed by atoms with Crippen molar-refractivity contribution >= 4 is 11.8 Å². The lowest BCUT2D eigenvalue weighted by molar-refractivity contribution is -0.126. The third kappa shape index (κ3) is 8.98. The van der Waals surface area contributed by atoms with Crippen LogP contribution < -0.4 is 10.6 Å². The molecule has 2 amide bonds. The zero-order chi connectivity index (χ0) is 14.3. The molecular weight excluding hydrogens is 230 g/mol. The highest BCUT2D eigenvalue weighted by molar-refractivity contribution is 5.81. The van der Waals surface area contributed by atoms with Crippen LogP contribution >= 0.6 is 0 Å². The molecule has 0 aromatic rings. The molecule has 0 fully saturated rings. The zero-order valence-electron chi connectivity index (χ0n) is 12.5. The molecule has 18 heavy (non-hydrogen) atoms. The summed E-state index contributed by atoms with van der Waals surface area (Å²) in [7, 11) is 0. The third-order valence-electron chi connectivity index (χ3n) is 2.15. The quantitative estimate of drug-likeness (QED) is 0.738. The van der Waals surface area contributed by atoms with Gasteiger partial charge in [0, 0.05) is 11.6 Å². The van der Waals surface area contributed by atoms with Gasteiger partial charge in [0.2, 0.25) is 11.8 Å². The van der Waals surface area contributed by atoms with Crippen LogP contribution in [0.2, 0.25) is 0 Å². The van der Waals surface area contributed by atoms with Crippen molar-refractivity contribution in [2.45, 2.75) is 53.1 Å². The monoisotopic (exact) mass is 257 g/mol. The third-order valence-corrected chi connectivity index (χ3v) is 2.15. The first-order valence-corrected chi connectivity index (χ1v) is 6.46. The normalized spacial score (nSPS) is 11.8. The molecule has 0 aromatic carbocycles. The molecule has 5 heteroatoms. The summed E-state index contributed by atoms with van der Waals surface area (Å²) in [4.78, 5) is 25.2. The minimum Gasteiger partial charge on any atom is -0.353 e. The molecule has 0 spiro atoms. The van der Waals surface area contributed by atoms with E-state index in [0.717, 1.165) is 0 Å². The summed E-state index contributed by atoms with van der Waals surface area (Å²) >= 11 is 0. The van der Waals surface area contributed by atoms with Gasteiger partial charge in [-0.1, -0.05) is 6.92 Å². The van der Waals surface area contributed by atoms with Crippen LogP contribution in [0.1, 0.15) is 41.5 Å². The van der Waals surface area contributed by atoms with Gasteiger partial charge in [0.15, 0.2) is 0 Å². The van der Waals surface area contributed by atoms with E-state index in [2.05, 4.69) is 10.6 Å². The number of rotatable bonds is 6. The molecule has 0 aliphatic carbocycles. The maximum atomic E-state index is 11.7. The second-order valence-electron chi connectivity index (χ2n) is 5.82. The molecule has 0 aromatic heterocycles. The largest absolute Gasteiger partial charge is 0.353 e. The molecule has 0 atom stereocenters. The van der Waals surface area contributed by atoms with Crippen LogP contribution in [-0.4, -0.2) is 47.9 Å². The van der Waals surface area contributed by atoms with E-state index in [0.29, 0.717) is 6.54 Å². The van der Waals surface area contributed by atoms with Gasteiger partial charge in [0.1, 0.15) is 0 Å². The van der Waals surface area contributed by atoms with Gasteiger partial charge < -0.3 is 10.6 Å². The van der Waals surface area contributed by atoms with E-state index in [1.165, 1.54) is 0 Å². The van der Waals surface area contributed by atoms with E-state index < -0.39 is 0 Å². The molecule has 0 aliphatic rings. The Morgan fingerprint density at radius 3 is 2.00 bits per heavy atom. The molecule has 0 bridgehead atoms. The lowest BCUT2D eigenvalue weighted by Crippen LogP contribution is -2.48. The van der Waals surface area contributed by atoms with Gasteiger partial charge >= 0.3 is 0 Å². The first kappa shape index (κ1) is 16.9. The highest BCUT2D eigenvalue weighted by atomic mass is 16.2. The Kier molecular flexibility index (Phi) is 6.91. The van der Waals surface area contributed by atoms with Crippen molar-refractivity contribution in [1.29, 1.82) is 0 Å². The fraction of sp³-hybridized carbons (Fsp3) is 0.846. The van der Waals surface area contributed by atoms with Crippen LogP contribution in [0.3, 0.4) is 0 Å². The van der Waals surface area contributed by atoms with Crippen molar-refractivity contribution < 1.29 is 9.59 Å². The predicted octanol–water partition coefficient (Wildman–Crippen LogP) is 0.748. The summed E-state index contributed by atoms with van der Waals surface area (Å²) in [5.41, 5.74) is -0.239. The summed E-state index contributed by atoms with van der Waals surface area (Å²) in [5.74, 6) is -0.0999. The van der Waals surface area contributed by atoms with Gasteiger partial charge in [0.05, 0.1) is 13.1 Å². The first-order valence-electron chi connectivity index (χ1n) is 6.46. The van der Waals surface area contributed by atoms with E-state index in [9.17, 15) is 9.59 Å². The van der Waals surface area contributed by atoms with Crippen molar-refractivity contribution in [3.05, 3.63) is 0 Å². The second kappa shape index (κ2) is 7.36. The van der Waals surface area contributed by atoms with Gasteiger partial charge in [0.25, 0.3) is 0 Å². The summed E-state index contributed by atoms with van der Waals surface area (Å²) in [5, 5.41) is 5.70. The Hall–Kier alpha value is -1.10. The molecule has 5 nitrogen and oxygen atoms in total. The van der Waals surface area contributed by atoms with E-state index in [1.807, 2.05) is 46.4 Å². The molecule has 0 radical (unpaired) electrons. The number of hydrogen-bond donors (Lipinski definition) is 2. The minimum atomic E-state index is -0.239. The maximum absolute atomic E-state index is 11.7. The van der Waals surface area contributed by atoms with Crippen LogP contribution in [-0.2, 0) is 9.59 Å². The van der Waals surface area contributed by atoms with Crippen LogP contribution in [0.25, 0.3) is 0 Å². The molecule has 0 heterocycles. The Labute approximate surface area is 110 Å². The van der Waals surface area contributed by atoms with E-state index in [1.54, 1.807) is 0 Å². The Balaban J connectivity index is 4.19. The zero-order valence-corrected chi connectivity index (χ0v) is 12.5. The lowest BCUT2D eigenvalue weighted by Gasteiger charge is -2.24. The fourth-order valence-corrected chi connectivity index (χ4v) is 1.51. The van der Waals surface area contributed by atoms with Crippen LogP contribution in [0.15, 0.2) is 0 Å². The van der Waals surface area contributed by atoms with E-state index in [-0.39, 0.29) is 36.5 Å². The number of carbonyl (C=O) groups is 2. The molecule has 2 N–H and O–H groups in total. The average molecular weight is 257 g/mol. The number of amides is 2. The van der Waals surface area contributed by atoms with Gasteiger partial charge in [-0.2, -0.15) is 0 Å². The number of nitrogens with one attached hydrogen (secondary N) is 2. The SMILES string of the molecule is CCN(CC(=O)NC(C)C)CC(=O)NC(C)(C)C. The van der Waals surface area contributed by atoms with Crippen LogP contribution in [0.5, 0.6) is 0 Å².